The second-order valence-corrected chi connectivity index (χ2v) is 5.44. The third-order valence-corrected chi connectivity index (χ3v) is 3.88. The summed E-state index contributed by atoms with van der Waals surface area (Å²) in [5.41, 5.74) is 0. The average Bonchev–Trinajstić information content (AvgIpc) is 2.75. The molecule has 1 aromatic rings. The second kappa shape index (κ2) is 5.97. The predicted molar refractivity (Wildman–Crippen MR) is 68.6 cm³/mol. The van der Waals surface area contributed by atoms with E-state index in [0.717, 1.165) is 6.42 Å². The van der Waals surface area contributed by atoms with Gasteiger partial charge in [-0.15, -0.1) is 11.3 Å². The van der Waals surface area contributed by atoms with Gasteiger partial charge >= 0.3 is 5.97 Å². The van der Waals surface area contributed by atoms with Crippen molar-refractivity contribution in [3.63, 3.8) is 0 Å². The zero-order valence-corrected chi connectivity index (χ0v) is 10.8. The molecule has 1 aliphatic heterocycles. The van der Waals surface area contributed by atoms with Crippen LogP contribution in [0.15, 0.2) is 17.5 Å². The topological polar surface area (TPSA) is 69.6 Å². The van der Waals surface area contributed by atoms with Crippen molar-refractivity contribution < 1.29 is 14.7 Å². The van der Waals surface area contributed by atoms with Crippen LogP contribution < -0.4 is 5.32 Å². The van der Waals surface area contributed by atoms with Gasteiger partial charge < -0.3 is 10.4 Å². The molecule has 0 atom stereocenters. The van der Waals surface area contributed by atoms with Gasteiger partial charge in [-0.05, 0) is 17.9 Å². The van der Waals surface area contributed by atoms with Gasteiger partial charge in [0.15, 0.2) is 0 Å². The third kappa shape index (κ3) is 3.54. The number of carbonyl (C=O) groups excluding carboxylic acids is 1. The summed E-state index contributed by atoms with van der Waals surface area (Å²) in [5, 5.41) is 13.6. The van der Waals surface area contributed by atoms with E-state index in [1.807, 2.05) is 22.4 Å². The Bertz CT molecular complexity index is 413. The van der Waals surface area contributed by atoms with Gasteiger partial charge in [0.1, 0.15) is 0 Å². The number of amides is 1. The van der Waals surface area contributed by atoms with Crippen molar-refractivity contribution in [1.29, 1.82) is 0 Å². The Morgan fingerprint density at radius 1 is 1.50 bits per heavy atom. The Balaban J connectivity index is 1.57. The third-order valence-electron chi connectivity index (χ3n) is 2.95. The summed E-state index contributed by atoms with van der Waals surface area (Å²) < 4.78 is 0. The fraction of sp³-hybridized carbons (Fsp3) is 0.500. The Morgan fingerprint density at radius 3 is 2.89 bits per heavy atom. The van der Waals surface area contributed by atoms with E-state index >= 15 is 0 Å². The normalized spacial score (nSPS) is 16.2. The van der Waals surface area contributed by atoms with Crippen LogP contribution in [0.3, 0.4) is 0 Å². The van der Waals surface area contributed by atoms with Crippen molar-refractivity contribution >= 4 is 23.2 Å². The van der Waals surface area contributed by atoms with Crippen LogP contribution in [0.4, 0.5) is 0 Å². The lowest BCUT2D eigenvalue weighted by molar-refractivity contribution is -0.148. The number of carboxylic acids is 1. The minimum absolute atomic E-state index is 0.0320. The van der Waals surface area contributed by atoms with Crippen LogP contribution in [0.2, 0.25) is 0 Å². The standard InChI is InChI=1S/C12H16N2O3S/c15-11(8-14-6-9(7-14)12(16)17)13-4-3-10-2-1-5-18-10/h1-2,5,9H,3-4,6-8H2,(H,13,15)(H,16,17). The first kappa shape index (κ1) is 13.0. The van der Waals surface area contributed by atoms with Crippen LogP contribution >= 0.6 is 11.3 Å². The highest BCUT2D eigenvalue weighted by molar-refractivity contribution is 7.09. The van der Waals surface area contributed by atoms with Gasteiger partial charge in [-0.1, -0.05) is 6.07 Å². The molecule has 1 amide bonds. The predicted octanol–water partition coefficient (Wildman–Crippen LogP) is 0.423. The Hall–Kier alpha value is -1.40. The first-order valence-electron chi connectivity index (χ1n) is 5.89. The molecule has 2 N–H and O–H groups in total. The summed E-state index contributed by atoms with van der Waals surface area (Å²) in [4.78, 5) is 25.2. The number of nitrogens with one attached hydrogen (secondary N) is 1. The van der Waals surface area contributed by atoms with Crippen LogP contribution in [-0.2, 0) is 16.0 Å². The lowest BCUT2D eigenvalue weighted by Gasteiger charge is -2.35. The molecule has 0 radical (unpaired) electrons. The quantitative estimate of drug-likeness (QED) is 0.784. The Labute approximate surface area is 109 Å². The van der Waals surface area contributed by atoms with E-state index in [1.165, 1.54) is 4.88 Å². The number of likely N-dealkylation sites (tertiary alicyclic amines) is 1. The van der Waals surface area contributed by atoms with Crippen molar-refractivity contribution in [2.24, 2.45) is 5.92 Å². The molecule has 1 aromatic heterocycles. The Morgan fingerprint density at radius 2 is 2.28 bits per heavy atom. The molecule has 98 valence electrons. The molecular formula is C12H16N2O3S. The van der Waals surface area contributed by atoms with Crippen molar-refractivity contribution in [2.45, 2.75) is 6.42 Å². The first-order valence-corrected chi connectivity index (χ1v) is 6.77. The lowest BCUT2D eigenvalue weighted by Crippen LogP contribution is -2.53. The van der Waals surface area contributed by atoms with E-state index in [0.29, 0.717) is 26.2 Å². The van der Waals surface area contributed by atoms with Gasteiger partial charge in [-0.25, -0.2) is 0 Å². The summed E-state index contributed by atoms with van der Waals surface area (Å²) in [5.74, 6) is -1.11. The number of aliphatic carboxylic acids is 1. The Kier molecular flexibility index (Phi) is 4.33. The summed E-state index contributed by atoms with van der Waals surface area (Å²) in [7, 11) is 0. The van der Waals surface area contributed by atoms with Crippen molar-refractivity contribution in [1.82, 2.24) is 10.2 Å². The highest BCUT2D eigenvalue weighted by Crippen LogP contribution is 2.14. The lowest BCUT2D eigenvalue weighted by atomic mass is 10.0. The fourth-order valence-electron chi connectivity index (χ4n) is 1.89. The molecule has 2 heterocycles. The first-order chi connectivity index (χ1) is 8.65. The maximum atomic E-state index is 11.6. The van der Waals surface area contributed by atoms with E-state index in [2.05, 4.69) is 5.32 Å². The molecule has 0 aliphatic carbocycles. The van der Waals surface area contributed by atoms with Crippen LogP contribution in [0.5, 0.6) is 0 Å². The SMILES string of the molecule is O=C(CN1CC(C(=O)O)C1)NCCc1cccs1. The molecule has 1 aliphatic rings. The van der Waals surface area contributed by atoms with Gasteiger partial charge in [0.2, 0.25) is 5.91 Å². The summed E-state index contributed by atoms with van der Waals surface area (Å²) >= 11 is 1.68. The summed E-state index contributed by atoms with van der Waals surface area (Å²) in [6, 6.07) is 4.04. The minimum Gasteiger partial charge on any atom is -0.481 e. The molecule has 0 bridgehead atoms. The summed E-state index contributed by atoms with van der Waals surface area (Å²) in [6.07, 6.45) is 0.848. The smallest absolute Gasteiger partial charge is 0.309 e. The molecule has 0 spiro atoms. The van der Waals surface area contributed by atoms with Gasteiger partial charge in [0, 0.05) is 24.5 Å². The number of nitrogens with zero attached hydrogens (tertiary/aromatic N) is 1. The molecule has 1 fully saturated rings. The van der Waals surface area contributed by atoms with Gasteiger partial charge in [0.05, 0.1) is 12.5 Å². The highest BCUT2D eigenvalue weighted by Gasteiger charge is 2.33. The van der Waals surface area contributed by atoms with Crippen molar-refractivity contribution in [3.05, 3.63) is 22.4 Å². The van der Waals surface area contributed by atoms with Crippen molar-refractivity contribution in [3.8, 4) is 0 Å². The van der Waals surface area contributed by atoms with E-state index in [1.54, 1.807) is 11.3 Å². The molecule has 5 nitrogen and oxygen atoms in total. The molecule has 6 heteroatoms. The monoisotopic (exact) mass is 268 g/mol. The number of rotatable bonds is 6. The minimum atomic E-state index is -0.774. The zero-order valence-electron chi connectivity index (χ0n) is 9.96. The molecule has 1 saturated heterocycles. The molecule has 2 rings (SSSR count). The number of carbonyl (C=O) groups is 2. The maximum Gasteiger partial charge on any atom is 0.309 e. The van der Waals surface area contributed by atoms with Crippen LogP contribution in [0.1, 0.15) is 4.88 Å². The number of hydrogen-bond acceptors (Lipinski definition) is 4. The van der Waals surface area contributed by atoms with E-state index in [9.17, 15) is 9.59 Å². The van der Waals surface area contributed by atoms with Gasteiger partial charge in [-0.3, -0.25) is 14.5 Å². The zero-order chi connectivity index (χ0) is 13.0. The molecule has 0 aromatic carbocycles. The van der Waals surface area contributed by atoms with Crippen molar-refractivity contribution in [2.75, 3.05) is 26.2 Å². The average molecular weight is 268 g/mol. The largest absolute Gasteiger partial charge is 0.481 e. The highest BCUT2D eigenvalue weighted by atomic mass is 32.1. The second-order valence-electron chi connectivity index (χ2n) is 4.41. The van der Waals surface area contributed by atoms with E-state index in [-0.39, 0.29) is 11.8 Å². The fourth-order valence-corrected chi connectivity index (χ4v) is 2.60. The number of thiophene rings is 1. The van der Waals surface area contributed by atoms with E-state index < -0.39 is 5.97 Å². The molecular weight excluding hydrogens is 252 g/mol. The number of carboxylic acid groups (broad SMARTS) is 1. The van der Waals surface area contributed by atoms with Crippen LogP contribution in [-0.4, -0.2) is 48.1 Å². The van der Waals surface area contributed by atoms with E-state index in [4.69, 9.17) is 5.11 Å². The van der Waals surface area contributed by atoms with Gasteiger partial charge in [0.25, 0.3) is 0 Å². The molecule has 18 heavy (non-hydrogen) atoms. The van der Waals surface area contributed by atoms with Gasteiger partial charge in [-0.2, -0.15) is 0 Å². The summed E-state index contributed by atoms with van der Waals surface area (Å²) in [6.45, 7) is 1.89. The number of hydrogen-bond donors (Lipinski definition) is 2. The van der Waals surface area contributed by atoms with Crippen LogP contribution in [0.25, 0.3) is 0 Å². The molecule has 0 unspecified atom stereocenters. The molecule has 0 saturated carbocycles. The van der Waals surface area contributed by atoms with Crippen LogP contribution in [0, 0.1) is 5.92 Å². The maximum absolute atomic E-state index is 11.6.